The lowest BCUT2D eigenvalue weighted by Crippen LogP contribution is -2.46. The van der Waals surface area contributed by atoms with E-state index in [-0.39, 0.29) is 0 Å². The summed E-state index contributed by atoms with van der Waals surface area (Å²) >= 11 is 0. The quantitative estimate of drug-likeness (QED) is 0.760. The van der Waals surface area contributed by atoms with Crippen LogP contribution in [0.2, 0.25) is 0 Å². The fraction of sp³-hybridized carbons (Fsp3) is 0.571. The van der Waals surface area contributed by atoms with E-state index in [4.69, 9.17) is 9.47 Å². The van der Waals surface area contributed by atoms with E-state index in [1.165, 1.54) is 0 Å². The summed E-state index contributed by atoms with van der Waals surface area (Å²) < 4.78 is 11.0. The van der Waals surface area contributed by atoms with Crippen LogP contribution < -0.4 is 20.1 Å². The average Bonchev–Trinajstić information content (AvgIpc) is 2.46. The third-order valence-electron chi connectivity index (χ3n) is 3.70. The Labute approximate surface area is 112 Å². The smallest absolute Gasteiger partial charge is 0.163 e. The Morgan fingerprint density at radius 2 is 1.89 bits per heavy atom. The molecule has 0 bridgehead atoms. The molecule has 0 saturated carbocycles. The molecule has 0 unspecified atom stereocenters. The predicted molar refractivity (Wildman–Crippen MR) is 73.0 cm³/mol. The van der Waals surface area contributed by atoms with Crippen molar-refractivity contribution in [3.05, 3.63) is 18.2 Å². The number of hydrogen-bond donors (Lipinski definition) is 3. The minimum atomic E-state index is -0.613. The first-order valence-electron chi connectivity index (χ1n) is 6.82. The van der Waals surface area contributed by atoms with Gasteiger partial charge in [0.15, 0.2) is 11.5 Å². The highest BCUT2D eigenvalue weighted by Gasteiger charge is 2.28. The molecule has 5 nitrogen and oxygen atoms in total. The molecule has 19 heavy (non-hydrogen) atoms. The Kier molecular flexibility index (Phi) is 3.48. The van der Waals surface area contributed by atoms with Crippen LogP contribution in [0.4, 0.5) is 5.69 Å². The summed E-state index contributed by atoms with van der Waals surface area (Å²) in [6.45, 7) is 3.51. The van der Waals surface area contributed by atoms with Gasteiger partial charge < -0.3 is 25.2 Å². The molecule has 0 aliphatic carbocycles. The second-order valence-electron chi connectivity index (χ2n) is 5.19. The largest absolute Gasteiger partial charge is 0.486 e. The fourth-order valence-electron chi connectivity index (χ4n) is 2.49. The lowest BCUT2D eigenvalue weighted by atomic mass is 9.92. The predicted octanol–water partition coefficient (Wildman–Crippen LogP) is 0.984. The zero-order chi connectivity index (χ0) is 13.1. The van der Waals surface area contributed by atoms with Gasteiger partial charge in [0.25, 0.3) is 0 Å². The van der Waals surface area contributed by atoms with Crippen LogP contribution in [0, 0.1) is 0 Å². The van der Waals surface area contributed by atoms with Gasteiger partial charge in [-0.2, -0.15) is 0 Å². The molecular weight excluding hydrogens is 244 g/mol. The maximum absolute atomic E-state index is 10.4. The van der Waals surface area contributed by atoms with Crippen LogP contribution in [0.15, 0.2) is 18.2 Å². The molecule has 0 atom stereocenters. The number of hydrogen-bond acceptors (Lipinski definition) is 5. The van der Waals surface area contributed by atoms with E-state index in [1.54, 1.807) is 0 Å². The molecule has 2 aliphatic heterocycles. The van der Waals surface area contributed by atoms with Crippen LogP contribution in [0.25, 0.3) is 0 Å². The Bertz CT molecular complexity index is 444. The number of aliphatic hydroxyl groups is 1. The van der Waals surface area contributed by atoms with Gasteiger partial charge in [0, 0.05) is 18.3 Å². The first kappa shape index (κ1) is 12.6. The van der Waals surface area contributed by atoms with Crippen molar-refractivity contribution >= 4 is 5.69 Å². The Balaban J connectivity index is 1.63. The van der Waals surface area contributed by atoms with Gasteiger partial charge >= 0.3 is 0 Å². The average molecular weight is 264 g/mol. The molecule has 2 aliphatic rings. The van der Waals surface area contributed by atoms with E-state index in [0.29, 0.717) is 19.8 Å². The zero-order valence-electron chi connectivity index (χ0n) is 10.9. The van der Waals surface area contributed by atoms with Crippen molar-refractivity contribution in [3.63, 3.8) is 0 Å². The summed E-state index contributed by atoms with van der Waals surface area (Å²) in [5, 5.41) is 17.0. The standard InChI is InChI=1S/C14H20N2O3/c17-14(3-5-15-6-4-14)10-16-11-1-2-12-13(9-11)19-8-7-18-12/h1-2,9,15-17H,3-8,10H2. The van der Waals surface area contributed by atoms with Crippen LogP contribution >= 0.6 is 0 Å². The van der Waals surface area contributed by atoms with E-state index in [9.17, 15) is 5.11 Å². The van der Waals surface area contributed by atoms with Crippen molar-refractivity contribution in [1.29, 1.82) is 0 Å². The highest BCUT2D eigenvalue weighted by atomic mass is 16.6. The first-order valence-corrected chi connectivity index (χ1v) is 6.82. The Morgan fingerprint density at radius 1 is 1.16 bits per heavy atom. The molecule has 3 N–H and O–H groups in total. The Morgan fingerprint density at radius 3 is 2.68 bits per heavy atom. The third kappa shape index (κ3) is 2.93. The van der Waals surface area contributed by atoms with Gasteiger partial charge in [0.2, 0.25) is 0 Å². The van der Waals surface area contributed by atoms with Gasteiger partial charge in [-0.05, 0) is 38.1 Å². The molecule has 1 fully saturated rings. The normalized spacial score (nSPS) is 20.9. The van der Waals surface area contributed by atoms with Crippen LogP contribution in [0.1, 0.15) is 12.8 Å². The molecule has 1 saturated heterocycles. The first-order chi connectivity index (χ1) is 9.25. The lowest BCUT2D eigenvalue weighted by Gasteiger charge is -2.33. The molecule has 3 rings (SSSR count). The molecule has 0 amide bonds. The van der Waals surface area contributed by atoms with E-state index in [1.807, 2.05) is 18.2 Å². The van der Waals surface area contributed by atoms with Gasteiger partial charge in [0.05, 0.1) is 5.60 Å². The minimum absolute atomic E-state index is 0.564. The number of fused-ring (bicyclic) bond motifs is 1. The summed E-state index contributed by atoms with van der Waals surface area (Å²) in [5.41, 5.74) is 0.342. The lowest BCUT2D eigenvalue weighted by molar-refractivity contribution is 0.0232. The number of ether oxygens (including phenoxy) is 2. The van der Waals surface area contributed by atoms with E-state index in [2.05, 4.69) is 10.6 Å². The second kappa shape index (κ2) is 5.27. The maximum Gasteiger partial charge on any atom is 0.163 e. The second-order valence-corrected chi connectivity index (χ2v) is 5.19. The number of anilines is 1. The molecule has 1 aromatic rings. The van der Waals surface area contributed by atoms with E-state index >= 15 is 0 Å². The van der Waals surface area contributed by atoms with Crippen molar-refractivity contribution in [2.45, 2.75) is 18.4 Å². The Hall–Kier alpha value is -1.46. The molecular formula is C14H20N2O3. The van der Waals surface area contributed by atoms with Gasteiger partial charge in [-0.1, -0.05) is 0 Å². The number of benzene rings is 1. The summed E-state index contributed by atoms with van der Waals surface area (Å²) in [5.74, 6) is 1.56. The topological polar surface area (TPSA) is 62.8 Å². The SMILES string of the molecule is OC1(CNc2ccc3c(c2)OCCO3)CCNCC1. The van der Waals surface area contributed by atoms with Gasteiger partial charge in [0.1, 0.15) is 13.2 Å². The summed E-state index contributed by atoms with van der Waals surface area (Å²) in [4.78, 5) is 0. The third-order valence-corrected chi connectivity index (χ3v) is 3.70. The zero-order valence-corrected chi connectivity index (χ0v) is 10.9. The molecule has 0 radical (unpaired) electrons. The summed E-state index contributed by atoms with van der Waals surface area (Å²) in [6, 6.07) is 5.79. The molecule has 2 heterocycles. The minimum Gasteiger partial charge on any atom is -0.486 e. The van der Waals surface area contributed by atoms with Crippen molar-refractivity contribution in [1.82, 2.24) is 5.32 Å². The van der Waals surface area contributed by atoms with Gasteiger partial charge in [-0.25, -0.2) is 0 Å². The van der Waals surface area contributed by atoms with E-state index in [0.717, 1.165) is 43.1 Å². The number of nitrogens with one attached hydrogen (secondary N) is 2. The van der Waals surface area contributed by atoms with Crippen molar-refractivity contribution < 1.29 is 14.6 Å². The molecule has 5 heteroatoms. The van der Waals surface area contributed by atoms with Gasteiger partial charge in [-0.15, -0.1) is 0 Å². The van der Waals surface area contributed by atoms with Crippen LogP contribution in [-0.4, -0.2) is 43.6 Å². The van der Waals surface area contributed by atoms with Gasteiger partial charge in [-0.3, -0.25) is 0 Å². The molecule has 1 aromatic carbocycles. The highest BCUT2D eigenvalue weighted by molar-refractivity contribution is 5.55. The molecule has 0 aromatic heterocycles. The number of rotatable bonds is 3. The highest BCUT2D eigenvalue weighted by Crippen LogP contribution is 2.32. The van der Waals surface area contributed by atoms with Crippen LogP contribution in [-0.2, 0) is 0 Å². The van der Waals surface area contributed by atoms with Crippen molar-refractivity contribution in [2.75, 3.05) is 38.2 Å². The van der Waals surface area contributed by atoms with Crippen molar-refractivity contribution in [2.24, 2.45) is 0 Å². The molecule has 104 valence electrons. The monoisotopic (exact) mass is 264 g/mol. The van der Waals surface area contributed by atoms with Crippen molar-refractivity contribution in [3.8, 4) is 11.5 Å². The summed E-state index contributed by atoms with van der Waals surface area (Å²) in [6.07, 6.45) is 1.56. The molecule has 0 spiro atoms. The fourth-order valence-corrected chi connectivity index (χ4v) is 2.49. The number of piperidine rings is 1. The van der Waals surface area contributed by atoms with Crippen LogP contribution in [0.3, 0.4) is 0 Å². The van der Waals surface area contributed by atoms with E-state index < -0.39 is 5.60 Å². The van der Waals surface area contributed by atoms with Crippen LogP contribution in [0.5, 0.6) is 11.5 Å². The maximum atomic E-state index is 10.4. The summed E-state index contributed by atoms with van der Waals surface area (Å²) in [7, 11) is 0.